The van der Waals surface area contributed by atoms with Crippen LogP contribution < -0.4 is 5.32 Å². The molecule has 0 spiro atoms. The molecule has 1 aromatic rings. The van der Waals surface area contributed by atoms with Gasteiger partial charge < -0.3 is 5.32 Å². The summed E-state index contributed by atoms with van der Waals surface area (Å²) in [7, 11) is 0. The normalized spacial score (nSPS) is 20.2. The smallest absolute Gasteiger partial charge is 0.154 e. The Morgan fingerprint density at radius 1 is 1.35 bits per heavy atom. The molecule has 0 bridgehead atoms. The summed E-state index contributed by atoms with van der Waals surface area (Å²) in [6, 6.07) is 5.27. The summed E-state index contributed by atoms with van der Waals surface area (Å²) in [6.07, 6.45) is 3.60. The van der Waals surface area contributed by atoms with Gasteiger partial charge in [-0.05, 0) is 37.1 Å². The molecule has 4 heteroatoms. The first-order valence-electron chi connectivity index (χ1n) is 5.87. The minimum Gasteiger partial charge on any atom is -0.307 e. The molecule has 1 aliphatic heterocycles. The van der Waals surface area contributed by atoms with Crippen molar-refractivity contribution in [1.82, 2.24) is 5.32 Å². The predicted molar refractivity (Wildman–Crippen MR) is 70.8 cm³/mol. The van der Waals surface area contributed by atoms with E-state index in [9.17, 15) is 4.79 Å². The number of ketones is 1. The maximum Gasteiger partial charge on any atom is 0.154 e. The van der Waals surface area contributed by atoms with Crippen molar-refractivity contribution in [3.05, 3.63) is 33.8 Å². The SMILES string of the molecule is O=C(Cc1ccc(Cl)cc1Cl)C1CCCCN1. The fraction of sp³-hybridized carbons (Fsp3) is 0.462. The van der Waals surface area contributed by atoms with Crippen LogP contribution in [0.25, 0.3) is 0 Å². The van der Waals surface area contributed by atoms with Gasteiger partial charge in [0.2, 0.25) is 0 Å². The van der Waals surface area contributed by atoms with Crippen molar-refractivity contribution in [2.75, 3.05) is 6.54 Å². The fourth-order valence-corrected chi connectivity index (χ4v) is 2.58. The van der Waals surface area contributed by atoms with Gasteiger partial charge in [-0.15, -0.1) is 0 Å². The molecule has 2 rings (SSSR count). The molecule has 17 heavy (non-hydrogen) atoms. The van der Waals surface area contributed by atoms with Crippen molar-refractivity contribution in [2.24, 2.45) is 0 Å². The molecule has 1 saturated heterocycles. The lowest BCUT2D eigenvalue weighted by atomic mass is 9.97. The van der Waals surface area contributed by atoms with Gasteiger partial charge in [0, 0.05) is 16.5 Å². The average molecular weight is 272 g/mol. The molecular formula is C13H15Cl2NO. The number of piperidine rings is 1. The van der Waals surface area contributed by atoms with Crippen LogP contribution in [-0.2, 0) is 11.2 Å². The van der Waals surface area contributed by atoms with Gasteiger partial charge in [-0.2, -0.15) is 0 Å². The molecule has 1 unspecified atom stereocenters. The van der Waals surface area contributed by atoms with Gasteiger partial charge in [-0.25, -0.2) is 0 Å². The van der Waals surface area contributed by atoms with Crippen molar-refractivity contribution >= 4 is 29.0 Å². The highest BCUT2D eigenvalue weighted by molar-refractivity contribution is 6.35. The van der Waals surface area contributed by atoms with Gasteiger partial charge in [0.15, 0.2) is 5.78 Å². The zero-order valence-electron chi connectivity index (χ0n) is 9.51. The summed E-state index contributed by atoms with van der Waals surface area (Å²) in [5.41, 5.74) is 0.855. The standard InChI is InChI=1S/C13H15Cl2NO/c14-10-5-4-9(11(15)8-10)7-13(17)12-3-1-2-6-16-12/h4-5,8,12,16H,1-3,6-7H2. The topological polar surface area (TPSA) is 29.1 Å². The van der Waals surface area contributed by atoms with Crippen LogP contribution in [0.1, 0.15) is 24.8 Å². The van der Waals surface area contributed by atoms with Crippen molar-refractivity contribution in [2.45, 2.75) is 31.7 Å². The minimum absolute atomic E-state index is 0.00417. The van der Waals surface area contributed by atoms with E-state index < -0.39 is 0 Å². The van der Waals surface area contributed by atoms with Gasteiger partial charge >= 0.3 is 0 Å². The number of benzene rings is 1. The van der Waals surface area contributed by atoms with Crippen molar-refractivity contribution < 1.29 is 4.79 Å². The number of nitrogens with one attached hydrogen (secondary N) is 1. The summed E-state index contributed by atoms with van der Waals surface area (Å²) in [4.78, 5) is 12.1. The molecule has 0 saturated carbocycles. The van der Waals surface area contributed by atoms with Gasteiger partial charge in [-0.3, -0.25) is 4.79 Å². The van der Waals surface area contributed by atoms with Crippen LogP contribution in [0.4, 0.5) is 0 Å². The maximum atomic E-state index is 12.1. The monoisotopic (exact) mass is 271 g/mol. The Labute approximate surface area is 111 Å². The number of carbonyl (C=O) groups is 1. The van der Waals surface area contributed by atoms with Crippen LogP contribution in [0.3, 0.4) is 0 Å². The van der Waals surface area contributed by atoms with E-state index in [1.54, 1.807) is 12.1 Å². The molecule has 1 aromatic carbocycles. The Hall–Kier alpha value is -0.570. The second-order valence-electron chi connectivity index (χ2n) is 4.38. The fourth-order valence-electron chi connectivity index (χ4n) is 2.10. The minimum atomic E-state index is -0.00417. The van der Waals surface area contributed by atoms with Crippen LogP contribution in [0.2, 0.25) is 10.0 Å². The summed E-state index contributed by atoms with van der Waals surface area (Å²) in [6.45, 7) is 0.935. The molecule has 92 valence electrons. The van der Waals surface area contributed by atoms with Crippen LogP contribution in [0.15, 0.2) is 18.2 Å². The molecule has 0 aromatic heterocycles. The third kappa shape index (κ3) is 3.44. The highest BCUT2D eigenvalue weighted by atomic mass is 35.5. The summed E-state index contributed by atoms with van der Waals surface area (Å²) >= 11 is 11.9. The van der Waals surface area contributed by atoms with E-state index in [-0.39, 0.29) is 11.8 Å². The van der Waals surface area contributed by atoms with Gasteiger partial charge in [-0.1, -0.05) is 35.7 Å². The average Bonchev–Trinajstić information content (AvgIpc) is 2.34. The second-order valence-corrected chi connectivity index (χ2v) is 5.22. The first kappa shape index (κ1) is 12.9. The van der Waals surface area contributed by atoms with Gasteiger partial charge in [0.25, 0.3) is 0 Å². The van der Waals surface area contributed by atoms with E-state index in [1.807, 2.05) is 6.07 Å². The molecule has 2 nitrogen and oxygen atoms in total. The lowest BCUT2D eigenvalue weighted by molar-refractivity contribution is -0.120. The molecule has 1 fully saturated rings. The molecule has 0 radical (unpaired) electrons. The number of hydrogen-bond acceptors (Lipinski definition) is 2. The van der Waals surface area contributed by atoms with E-state index in [1.165, 1.54) is 0 Å². The number of Topliss-reactive ketones (excluding diaryl/α,β-unsaturated/α-hetero) is 1. The second kappa shape index (κ2) is 5.85. The predicted octanol–water partition coefficient (Wildman–Crippen LogP) is 3.25. The Kier molecular flexibility index (Phi) is 4.43. The molecule has 0 aliphatic carbocycles. The number of hydrogen-bond donors (Lipinski definition) is 1. The summed E-state index contributed by atoms with van der Waals surface area (Å²) in [5.74, 6) is 0.217. The largest absolute Gasteiger partial charge is 0.307 e. The van der Waals surface area contributed by atoms with Crippen LogP contribution >= 0.6 is 23.2 Å². The first-order valence-corrected chi connectivity index (χ1v) is 6.62. The van der Waals surface area contributed by atoms with Crippen LogP contribution in [-0.4, -0.2) is 18.4 Å². The van der Waals surface area contributed by atoms with E-state index in [4.69, 9.17) is 23.2 Å². The van der Waals surface area contributed by atoms with Gasteiger partial charge in [0.05, 0.1) is 6.04 Å². The van der Waals surface area contributed by atoms with E-state index in [2.05, 4.69) is 5.32 Å². The molecule has 0 amide bonds. The quantitative estimate of drug-likeness (QED) is 0.915. The molecule has 1 N–H and O–H groups in total. The molecular weight excluding hydrogens is 257 g/mol. The summed E-state index contributed by atoms with van der Waals surface area (Å²) in [5, 5.41) is 4.42. The summed E-state index contributed by atoms with van der Waals surface area (Å²) < 4.78 is 0. The van der Waals surface area contributed by atoms with Crippen LogP contribution in [0.5, 0.6) is 0 Å². The Balaban J connectivity index is 2.02. The lowest BCUT2D eigenvalue weighted by Gasteiger charge is -2.22. The zero-order chi connectivity index (χ0) is 12.3. The highest BCUT2D eigenvalue weighted by Crippen LogP contribution is 2.22. The Morgan fingerprint density at radius 2 is 2.18 bits per heavy atom. The zero-order valence-corrected chi connectivity index (χ0v) is 11.0. The third-order valence-electron chi connectivity index (χ3n) is 3.08. The number of halogens is 2. The van der Waals surface area contributed by atoms with Gasteiger partial charge in [0.1, 0.15) is 0 Å². The lowest BCUT2D eigenvalue weighted by Crippen LogP contribution is -2.41. The van der Waals surface area contributed by atoms with Crippen molar-refractivity contribution in [1.29, 1.82) is 0 Å². The molecule has 1 heterocycles. The maximum absolute atomic E-state index is 12.1. The molecule has 1 aliphatic rings. The van der Waals surface area contributed by atoms with Crippen molar-refractivity contribution in [3.63, 3.8) is 0 Å². The van der Waals surface area contributed by atoms with E-state index >= 15 is 0 Å². The number of carbonyl (C=O) groups excluding carboxylic acids is 1. The highest BCUT2D eigenvalue weighted by Gasteiger charge is 2.21. The number of rotatable bonds is 3. The Bertz CT molecular complexity index is 414. The van der Waals surface area contributed by atoms with Crippen LogP contribution in [0, 0.1) is 0 Å². The van der Waals surface area contributed by atoms with E-state index in [0.717, 1.165) is 31.4 Å². The third-order valence-corrected chi connectivity index (χ3v) is 3.67. The first-order chi connectivity index (χ1) is 8.16. The Morgan fingerprint density at radius 3 is 2.82 bits per heavy atom. The molecule has 1 atom stereocenters. The van der Waals surface area contributed by atoms with Crippen molar-refractivity contribution in [3.8, 4) is 0 Å². The van der Waals surface area contributed by atoms with E-state index in [0.29, 0.717) is 16.5 Å².